The molecule has 1 heterocycles. The Labute approximate surface area is 122 Å². The molecule has 0 radical (unpaired) electrons. The summed E-state index contributed by atoms with van der Waals surface area (Å²) in [6.45, 7) is 3.61. The number of carboxylic acid groups (broad SMARTS) is 1. The summed E-state index contributed by atoms with van der Waals surface area (Å²) < 4.78 is 5.07. The van der Waals surface area contributed by atoms with E-state index in [2.05, 4.69) is 0 Å². The average molecular weight is 290 g/mol. The number of carbonyl (C=O) groups is 3. The van der Waals surface area contributed by atoms with E-state index in [1.807, 2.05) is 0 Å². The van der Waals surface area contributed by atoms with Gasteiger partial charge in [-0.05, 0) is 38.1 Å². The summed E-state index contributed by atoms with van der Waals surface area (Å²) in [5.41, 5.74) is 0.945. The van der Waals surface area contributed by atoms with E-state index in [1.54, 1.807) is 38.1 Å². The summed E-state index contributed by atoms with van der Waals surface area (Å²) in [7, 11) is 0. The minimum Gasteiger partial charge on any atom is -0.550 e. The Bertz CT molecular complexity index is 564. The van der Waals surface area contributed by atoms with Crippen molar-refractivity contribution in [3.8, 4) is 0 Å². The lowest BCUT2D eigenvalue weighted by atomic mass is 10.1. The second kappa shape index (κ2) is 5.95. The Morgan fingerprint density at radius 3 is 2.38 bits per heavy atom. The molecule has 1 amide bonds. The Hall–Kier alpha value is -2.37. The van der Waals surface area contributed by atoms with Gasteiger partial charge >= 0.3 is 5.97 Å². The zero-order valence-corrected chi connectivity index (χ0v) is 11.9. The van der Waals surface area contributed by atoms with Crippen molar-refractivity contribution in [1.29, 1.82) is 0 Å². The third kappa shape index (κ3) is 3.39. The SMILES string of the molecule is CC(C)OC(=O)c1ccc(N2C[C@@H](C(=O)[O-])CC2=O)cc1. The molecule has 2 rings (SSSR count). The van der Waals surface area contributed by atoms with Crippen LogP contribution >= 0.6 is 0 Å². The first-order valence-corrected chi connectivity index (χ1v) is 6.70. The average Bonchev–Trinajstić information content (AvgIpc) is 2.80. The fraction of sp³-hybridized carbons (Fsp3) is 0.400. The van der Waals surface area contributed by atoms with E-state index < -0.39 is 17.9 Å². The van der Waals surface area contributed by atoms with Crippen LogP contribution in [0.1, 0.15) is 30.6 Å². The summed E-state index contributed by atoms with van der Waals surface area (Å²) in [6, 6.07) is 6.32. The van der Waals surface area contributed by atoms with Gasteiger partial charge in [-0.3, -0.25) is 4.79 Å². The number of amides is 1. The third-order valence-electron chi connectivity index (χ3n) is 3.22. The predicted octanol–water partition coefficient (Wildman–Crippen LogP) is 0.355. The molecular formula is C15H16NO5-. The fourth-order valence-electron chi connectivity index (χ4n) is 2.17. The fourth-order valence-corrected chi connectivity index (χ4v) is 2.17. The quantitative estimate of drug-likeness (QED) is 0.747. The molecule has 1 aromatic rings. The number of ether oxygens (including phenoxy) is 1. The molecule has 1 aromatic carbocycles. The van der Waals surface area contributed by atoms with Crippen molar-refractivity contribution in [3.05, 3.63) is 29.8 Å². The first-order chi connectivity index (χ1) is 9.88. The summed E-state index contributed by atoms with van der Waals surface area (Å²) in [5, 5.41) is 10.8. The molecule has 0 unspecified atom stereocenters. The Morgan fingerprint density at radius 2 is 1.90 bits per heavy atom. The van der Waals surface area contributed by atoms with Crippen molar-refractivity contribution in [2.75, 3.05) is 11.4 Å². The lowest BCUT2D eigenvalue weighted by Crippen LogP contribution is -2.33. The highest BCUT2D eigenvalue weighted by Crippen LogP contribution is 2.25. The predicted molar refractivity (Wildman–Crippen MR) is 72.5 cm³/mol. The van der Waals surface area contributed by atoms with Gasteiger partial charge in [0.25, 0.3) is 0 Å². The van der Waals surface area contributed by atoms with Gasteiger partial charge in [0.2, 0.25) is 5.91 Å². The molecule has 0 aliphatic carbocycles. The number of aliphatic carboxylic acids is 1. The smallest absolute Gasteiger partial charge is 0.338 e. The van der Waals surface area contributed by atoms with E-state index in [4.69, 9.17) is 4.74 Å². The molecule has 0 saturated carbocycles. The molecule has 0 bridgehead atoms. The van der Waals surface area contributed by atoms with Crippen LogP contribution in [0.4, 0.5) is 5.69 Å². The molecule has 1 saturated heterocycles. The number of rotatable bonds is 4. The van der Waals surface area contributed by atoms with Gasteiger partial charge in [0, 0.05) is 30.5 Å². The minimum absolute atomic E-state index is 0.0561. The van der Waals surface area contributed by atoms with Crippen LogP contribution in [0.2, 0.25) is 0 Å². The number of esters is 1. The molecule has 1 atom stereocenters. The molecule has 1 aliphatic rings. The molecule has 1 fully saturated rings. The maximum Gasteiger partial charge on any atom is 0.338 e. The Kier molecular flexibility index (Phi) is 4.26. The molecule has 0 N–H and O–H groups in total. The highest BCUT2D eigenvalue weighted by atomic mass is 16.5. The van der Waals surface area contributed by atoms with Gasteiger partial charge in [-0.15, -0.1) is 0 Å². The highest BCUT2D eigenvalue weighted by Gasteiger charge is 2.31. The van der Waals surface area contributed by atoms with Gasteiger partial charge in [-0.1, -0.05) is 0 Å². The second-order valence-corrected chi connectivity index (χ2v) is 5.23. The van der Waals surface area contributed by atoms with Crippen LogP contribution in [-0.2, 0) is 14.3 Å². The number of hydrogen-bond acceptors (Lipinski definition) is 5. The topological polar surface area (TPSA) is 86.7 Å². The third-order valence-corrected chi connectivity index (χ3v) is 3.22. The van der Waals surface area contributed by atoms with Crippen LogP contribution in [0.3, 0.4) is 0 Å². The van der Waals surface area contributed by atoms with Crippen molar-refractivity contribution in [2.24, 2.45) is 5.92 Å². The van der Waals surface area contributed by atoms with E-state index in [9.17, 15) is 19.5 Å². The molecule has 0 aromatic heterocycles. The molecular weight excluding hydrogens is 274 g/mol. The van der Waals surface area contributed by atoms with Crippen LogP contribution < -0.4 is 10.0 Å². The van der Waals surface area contributed by atoms with Crippen LogP contribution in [-0.4, -0.2) is 30.5 Å². The van der Waals surface area contributed by atoms with E-state index in [1.165, 1.54) is 4.90 Å². The zero-order valence-electron chi connectivity index (χ0n) is 11.9. The first kappa shape index (κ1) is 15.0. The number of nitrogens with zero attached hydrogens (tertiary/aromatic N) is 1. The largest absolute Gasteiger partial charge is 0.550 e. The van der Waals surface area contributed by atoms with E-state index in [0.717, 1.165) is 0 Å². The second-order valence-electron chi connectivity index (χ2n) is 5.23. The van der Waals surface area contributed by atoms with Crippen LogP contribution in [0.5, 0.6) is 0 Å². The first-order valence-electron chi connectivity index (χ1n) is 6.70. The lowest BCUT2D eigenvalue weighted by molar-refractivity contribution is -0.310. The van der Waals surface area contributed by atoms with Crippen LogP contribution in [0.25, 0.3) is 0 Å². The van der Waals surface area contributed by atoms with Crippen molar-refractivity contribution in [2.45, 2.75) is 26.4 Å². The summed E-state index contributed by atoms with van der Waals surface area (Å²) in [6.07, 6.45) is -0.263. The molecule has 6 nitrogen and oxygen atoms in total. The van der Waals surface area contributed by atoms with E-state index >= 15 is 0 Å². The molecule has 0 spiro atoms. The van der Waals surface area contributed by atoms with Gasteiger partial charge in [-0.25, -0.2) is 4.79 Å². The normalized spacial score (nSPS) is 18.1. The van der Waals surface area contributed by atoms with Gasteiger partial charge < -0.3 is 19.5 Å². The standard InChI is InChI=1S/C15H17NO5/c1-9(2)21-15(20)10-3-5-12(6-4-10)16-8-11(14(18)19)7-13(16)17/h3-6,9,11H,7-8H2,1-2H3,(H,18,19)/p-1/t11-/m0/s1. The van der Waals surface area contributed by atoms with Crippen LogP contribution in [0.15, 0.2) is 24.3 Å². The highest BCUT2D eigenvalue weighted by molar-refractivity contribution is 5.99. The van der Waals surface area contributed by atoms with Gasteiger partial charge in [0.1, 0.15) is 0 Å². The number of carbonyl (C=O) groups excluding carboxylic acids is 3. The maximum atomic E-state index is 11.8. The zero-order chi connectivity index (χ0) is 15.6. The number of hydrogen-bond donors (Lipinski definition) is 0. The van der Waals surface area contributed by atoms with Crippen molar-refractivity contribution >= 4 is 23.5 Å². The van der Waals surface area contributed by atoms with Crippen molar-refractivity contribution in [1.82, 2.24) is 0 Å². The summed E-state index contributed by atoms with van der Waals surface area (Å²) in [4.78, 5) is 35.7. The summed E-state index contributed by atoms with van der Waals surface area (Å²) in [5.74, 6) is -2.70. The Morgan fingerprint density at radius 1 is 1.29 bits per heavy atom. The van der Waals surface area contributed by atoms with Gasteiger partial charge in [-0.2, -0.15) is 0 Å². The Balaban J connectivity index is 2.11. The van der Waals surface area contributed by atoms with Gasteiger partial charge in [0.05, 0.1) is 11.7 Å². The number of anilines is 1. The molecule has 21 heavy (non-hydrogen) atoms. The molecule has 1 aliphatic heterocycles. The maximum absolute atomic E-state index is 11.8. The molecule has 112 valence electrons. The summed E-state index contributed by atoms with van der Waals surface area (Å²) >= 11 is 0. The van der Waals surface area contributed by atoms with Crippen LogP contribution in [0, 0.1) is 5.92 Å². The lowest BCUT2D eigenvalue weighted by Gasteiger charge is -2.17. The van der Waals surface area contributed by atoms with E-state index in [-0.39, 0.29) is 25.0 Å². The number of benzene rings is 1. The monoisotopic (exact) mass is 290 g/mol. The van der Waals surface area contributed by atoms with Crippen molar-refractivity contribution in [3.63, 3.8) is 0 Å². The number of carboxylic acids is 1. The van der Waals surface area contributed by atoms with Crippen molar-refractivity contribution < 1.29 is 24.2 Å². The van der Waals surface area contributed by atoms with Gasteiger partial charge in [0.15, 0.2) is 0 Å². The van der Waals surface area contributed by atoms with E-state index in [0.29, 0.717) is 11.3 Å². The molecule has 6 heteroatoms. The minimum atomic E-state index is -1.22.